The van der Waals surface area contributed by atoms with Crippen LogP contribution in [0.2, 0.25) is 5.02 Å². The van der Waals surface area contributed by atoms with Gasteiger partial charge in [-0.25, -0.2) is 4.79 Å². The summed E-state index contributed by atoms with van der Waals surface area (Å²) < 4.78 is 55.0. The van der Waals surface area contributed by atoms with Gasteiger partial charge in [0.25, 0.3) is 0 Å². The Hall–Kier alpha value is -1.93. The Morgan fingerprint density at radius 2 is 1.92 bits per heavy atom. The van der Waals surface area contributed by atoms with Gasteiger partial charge in [-0.15, -0.1) is 0 Å². The molecule has 0 aliphatic heterocycles. The molecule has 0 saturated carbocycles. The Balaban J connectivity index is 2.35. The fraction of sp³-hybridized carbons (Fsp3) is 0.235. The van der Waals surface area contributed by atoms with Crippen molar-refractivity contribution in [2.45, 2.75) is 19.7 Å². The molecule has 0 aliphatic carbocycles. The molecule has 0 bridgehead atoms. The van der Waals surface area contributed by atoms with E-state index in [1.807, 2.05) is 0 Å². The Kier molecular flexibility index (Phi) is 6.41. The summed E-state index contributed by atoms with van der Waals surface area (Å²) in [4.78, 5) is 11.3. The average molecular weight is 454 g/mol. The van der Waals surface area contributed by atoms with E-state index in [1.54, 1.807) is 12.1 Å². The maximum Gasteiger partial charge on any atom is 0.513 e. The summed E-state index contributed by atoms with van der Waals surface area (Å²) in [6, 6.07) is 6.72. The van der Waals surface area contributed by atoms with E-state index in [0.29, 0.717) is 10.0 Å². The Labute approximate surface area is 160 Å². The number of hydrogen-bond donors (Lipinski definition) is 0. The molecule has 4 nitrogen and oxygen atoms in total. The van der Waals surface area contributed by atoms with Crippen LogP contribution in [0.15, 0.2) is 34.8 Å². The number of rotatable bonds is 4. The van der Waals surface area contributed by atoms with Crippen molar-refractivity contribution in [1.82, 2.24) is 0 Å². The summed E-state index contributed by atoms with van der Waals surface area (Å²) in [5.41, 5.74) is -0.327. The quantitative estimate of drug-likeness (QED) is 0.411. The Bertz CT molecular complexity index is 824. The van der Waals surface area contributed by atoms with Gasteiger partial charge in [0.2, 0.25) is 0 Å². The summed E-state index contributed by atoms with van der Waals surface area (Å²) >= 11 is 9.18. The molecule has 140 valence electrons. The first kappa shape index (κ1) is 20.4. The normalized spacial score (nSPS) is 11.2. The van der Waals surface area contributed by atoms with Gasteiger partial charge in [-0.1, -0.05) is 33.6 Å². The number of methoxy groups -OCH3 is 1. The van der Waals surface area contributed by atoms with E-state index in [-0.39, 0.29) is 22.9 Å². The van der Waals surface area contributed by atoms with Gasteiger partial charge in [0.1, 0.15) is 18.1 Å². The second-order valence-corrected chi connectivity index (χ2v) is 6.42. The van der Waals surface area contributed by atoms with Gasteiger partial charge in [-0.3, -0.25) is 0 Å². The van der Waals surface area contributed by atoms with Crippen LogP contribution in [0.4, 0.5) is 18.0 Å². The number of hydrogen-bond acceptors (Lipinski definition) is 4. The number of carbonyl (C=O) groups is 1. The summed E-state index contributed by atoms with van der Waals surface area (Å²) in [5.74, 6) is -0.328. The van der Waals surface area contributed by atoms with E-state index >= 15 is 0 Å². The van der Waals surface area contributed by atoms with Gasteiger partial charge >= 0.3 is 12.3 Å². The van der Waals surface area contributed by atoms with Gasteiger partial charge < -0.3 is 14.2 Å². The Morgan fingerprint density at radius 3 is 2.54 bits per heavy atom. The minimum Gasteiger partial charge on any atom is -0.488 e. The van der Waals surface area contributed by atoms with E-state index in [9.17, 15) is 18.0 Å². The molecule has 0 radical (unpaired) electrons. The molecule has 0 saturated heterocycles. The summed E-state index contributed by atoms with van der Waals surface area (Å²) in [6.07, 6.45) is -5.57. The van der Waals surface area contributed by atoms with Crippen molar-refractivity contribution in [1.29, 1.82) is 0 Å². The molecule has 9 heteroatoms. The third kappa shape index (κ3) is 4.82. The predicted octanol–water partition coefficient (Wildman–Crippen LogP) is 6.15. The van der Waals surface area contributed by atoms with Crippen LogP contribution in [-0.4, -0.2) is 13.3 Å². The summed E-state index contributed by atoms with van der Waals surface area (Å²) in [6.45, 7) is 1.17. The minimum absolute atomic E-state index is 0.0954. The smallest absolute Gasteiger partial charge is 0.488 e. The maximum atomic E-state index is 13.2. The van der Waals surface area contributed by atoms with Crippen LogP contribution in [0.5, 0.6) is 11.5 Å². The standard InChI is InChI=1S/C17H13BrClF3O4/c1-9-6-11(17(20,21)22)15(7-13(9)19)25-8-10-12(18)4-3-5-14(10)26-16(23)24-2/h3-7H,8H2,1-2H3. The topological polar surface area (TPSA) is 44.8 Å². The molecule has 2 aromatic carbocycles. The number of ether oxygens (including phenoxy) is 3. The highest BCUT2D eigenvalue weighted by atomic mass is 79.9. The lowest BCUT2D eigenvalue weighted by Crippen LogP contribution is -2.12. The molecule has 0 N–H and O–H groups in total. The average Bonchev–Trinajstić information content (AvgIpc) is 2.56. The highest BCUT2D eigenvalue weighted by Crippen LogP contribution is 2.40. The van der Waals surface area contributed by atoms with E-state index in [1.165, 1.54) is 13.0 Å². The van der Waals surface area contributed by atoms with E-state index < -0.39 is 23.6 Å². The molecular formula is C17H13BrClF3O4. The molecule has 0 heterocycles. The zero-order valence-corrected chi connectivity index (χ0v) is 16.0. The summed E-state index contributed by atoms with van der Waals surface area (Å²) in [7, 11) is 1.14. The van der Waals surface area contributed by atoms with Crippen molar-refractivity contribution in [2.24, 2.45) is 0 Å². The van der Waals surface area contributed by atoms with Crippen LogP contribution in [-0.2, 0) is 17.5 Å². The monoisotopic (exact) mass is 452 g/mol. The molecule has 0 atom stereocenters. The third-order valence-electron chi connectivity index (χ3n) is 3.37. The Morgan fingerprint density at radius 1 is 1.23 bits per heavy atom. The van der Waals surface area contributed by atoms with Crippen molar-refractivity contribution < 1.29 is 32.2 Å². The van der Waals surface area contributed by atoms with Crippen molar-refractivity contribution in [3.05, 3.63) is 56.5 Å². The van der Waals surface area contributed by atoms with Crippen LogP contribution >= 0.6 is 27.5 Å². The molecule has 2 rings (SSSR count). The summed E-state index contributed by atoms with van der Waals surface area (Å²) in [5, 5.41) is 0.145. The van der Waals surface area contributed by atoms with Crippen LogP contribution < -0.4 is 9.47 Å². The van der Waals surface area contributed by atoms with Gasteiger partial charge in [0.05, 0.1) is 12.7 Å². The first-order valence-corrected chi connectivity index (χ1v) is 8.34. The zero-order chi connectivity index (χ0) is 19.5. The maximum absolute atomic E-state index is 13.2. The molecular weight excluding hydrogens is 441 g/mol. The van der Waals surface area contributed by atoms with Crippen molar-refractivity contribution in [2.75, 3.05) is 7.11 Å². The molecule has 0 aliphatic rings. The van der Waals surface area contributed by atoms with E-state index in [4.69, 9.17) is 21.1 Å². The number of aryl methyl sites for hydroxylation is 1. The predicted molar refractivity (Wildman–Crippen MR) is 92.7 cm³/mol. The lowest BCUT2D eigenvalue weighted by molar-refractivity contribution is -0.139. The molecule has 0 unspecified atom stereocenters. The highest BCUT2D eigenvalue weighted by molar-refractivity contribution is 9.10. The second kappa shape index (κ2) is 8.18. The molecule has 26 heavy (non-hydrogen) atoms. The van der Waals surface area contributed by atoms with Crippen molar-refractivity contribution >= 4 is 33.7 Å². The van der Waals surface area contributed by atoms with Gasteiger partial charge in [-0.2, -0.15) is 13.2 Å². The molecule has 0 amide bonds. The number of benzene rings is 2. The lowest BCUT2D eigenvalue weighted by atomic mass is 10.1. The molecule has 0 spiro atoms. The first-order valence-electron chi connectivity index (χ1n) is 7.16. The number of halogens is 5. The van der Waals surface area contributed by atoms with E-state index in [2.05, 4.69) is 20.7 Å². The van der Waals surface area contributed by atoms with Crippen LogP contribution in [0, 0.1) is 6.92 Å². The van der Waals surface area contributed by atoms with Crippen LogP contribution in [0.1, 0.15) is 16.7 Å². The number of carbonyl (C=O) groups excluding carboxylic acids is 1. The van der Waals surface area contributed by atoms with Crippen molar-refractivity contribution in [3.63, 3.8) is 0 Å². The van der Waals surface area contributed by atoms with Gasteiger partial charge in [0, 0.05) is 15.1 Å². The van der Waals surface area contributed by atoms with Crippen LogP contribution in [0.3, 0.4) is 0 Å². The fourth-order valence-electron chi connectivity index (χ4n) is 2.06. The minimum atomic E-state index is -4.61. The molecule has 0 fully saturated rings. The third-order valence-corrected chi connectivity index (χ3v) is 4.52. The van der Waals surface area contributed by atoms with Crippen LogP contribution in [0.25, 0.3) is 0 Å². The zero-order valence-electron chi connectivity index (χ0n) is 13.6. The molecule has 0 aromatic heterocycles. The lowest BCUT2D eigenvalue weighted by Gasteiger charge is -2.17. The van der Waals surface area contributed by atoms with E-state index in [0.717, 1.165) is 19.2 Å². The SMILES string of the molecule is COC(=O)Oc1cccc(Br)c1COc1cc(Cl)c(C)cc1C(F)(F)F. The number of alkyl halides is 3. The van der Waals surface area contributed by atoms with Gasteiger partial charge in [0.15, 0.2) is 0 Å². The second-order valence-electron chi connectivity index (χ2n) is 5.16. The fourth-order valence-corrected chi connectivity index (χ4v) is 2.68. The first-order chi connectivity index (χ1) is 12.1. The van der Waals surface area contributed by atoms with Crippen molar-refractivity contribution in [3.8, 4) is 11.5 Å². The van der Waals surface area contributed by atoms with Gasteiger partial charge in [-0.05, 0) is 36.8 Å². The largest absolute Gasteiger partial charge is 0.513 e. The molecule has 2 aromatic rings. The highest BCUT2D eigenvalue weighted by Gasteiger charge is 2.35.